The number of benzene rings is 2. The minimum absolute atomic E-state index is 0. The van der Waals surface area contributed by atoms with Crippen molar-refractivity contribution in [3.8, 4) is 0 Å². The van der Waals surface area contributed by atoms with Crippen molar-refractivity contribution >= 4 is 23.9 Å². The molecule has 0 fully saturated rings. The van der Waals surface area contributed by atoms with Crippen molar-refractivity contribution in [3.05, 3.63) is 98.0 Å². The molecule has 3 aromatic rings. The Labute approximate surface area is 205 Å². The van der Waals surface area contributed by atoms with E-state index in [0.29, 0.717) is 22.3 Å². The SMILES string of the molecule is CC(C)c1ccccc1.CC(C)c1ccccc1.O=C=C1[C-]=c2c(=O)c2=C1[C-]=O.[Cr+2].[Cr]. The van der Waals surface area contributed by atoms with Gasteiger partial charge in [0.1, 0.15) is 0 Å². The van der Waals surface area contributed by atoms with Crippen LogP contribution in [0.3, 0.4) is 0 Å². The van der Waals surface area contributed by atoms with E-state index in [2.05, 4.69) is 82.3 Å². The van der Waals surface area contributed by atoms with Crippen LogP contribution in [0.2, 0.25) is 0 Å². The zero-order valence-corrected chi connectivity index (χ0v) is 20.5. The van der Waals surface area contributed by atoms with E-state index in [-0.39, 0.29) is 51.3 Å². The van der Waals surface area contributed by atoms with Gasteiger partial charge in [-0.2, -0.15) is 16.9 Å². The first kappa shape index (κ1) is 28.8. The largest absolute Gasteiger partial charge is 2.00 e. The Bertz CT molecular complexity index is 1090. The molecule has 0 bridgehead atoms. The predicted molar refractivity (Wildman–Crippen MR) is 117 cm³/mol. The molecule has 0 atom stereocenters. The third-order valence-corrected chi connectivity index (χ3v) is 4.53. The Morgan fingerprint density at radius 3 is 1.55 bits per heavy atom. The van der Waals surface area contributed by atoms with Crippen molar-refractivity contribution < 1.29 is 44.3 Å². The van der Waals surface area contributed by atoms with Gasteiger partial charge in [0, 0.05) is 23.6 Å². The van der Waals surface area contributed by atoms with Crippen molar-refractivity contribution in [1.82, 2.24) is 0 Å². The topological polar surface area (TPSA) is 51.2 Å². The summed E-state index contributed by atoms with van der Waals surface area (Å²) in [5.74, 6) is 2.83. The molecule has 0 aromatic heterocycles. The van der Waals surface area contributed by atoms with E-state index in [1.807, 2.05) is 12.1 Å². The van der Waals surface area contributed by atoms with Gasteiger partial charge in [0.2, 0.25) is 0 Å². The second-order valence-corrected chi connectivity index (χ2v) is 7.29. The molecule has 1 aliphatic rings. The van der Waals surface area contributed by atoms with E-state index in [1.54, 1.807) is 0 Å². The van der Waals surface area contributed by atoms with Crippen LogP contribution in [-0.2, 0) is 44.3 Å². The van der Waals surface area contributed by atoms with Gasteiger partial charge < -0.3 is 14.4 Å². The maximum absolute atomic E-state index is 10.7. The zero-order chi connectivity index (χ0) is 21.4. The van der Waals surface area contributed by atoms with E-state index < -0.39 is 0 Å². The fourth-order valence-corrected chi connectivity index (χ4v) is 2.70. The first-order chi connectivity index (χ1) is 13.9. The van der Waals surface area contributed by atoms with E-state index >= 15 is 0 Å². The van der Waals surface area contributed by atoms with Crippen LogP contribution >= 0.6 is 0 Å². The molecule has 4 rings (SSSR count). The monoisotopic (exact) mass is 488 g/mol. The number of carbonyl (C=O) groups excluding carboxylic acids is 2. The number of allylic oxidation sites excluding steroid dienone is 1. The normalized spacial score (nSPS) is 11.0. The molecule has 0 radical (unpaired) electrons. The van der Waals surface area contributed by atoms with Crippen LogP contribution < -0.4 is 15.9 Å². The molecule has 3 aromatic carbocycles. The molecule has 0 heterocycles. The minimum Gasteiger partial charge on any atom is -0.385 e. The molecule has 0 spiro atoms. The van der Waals surface area contributed by atoms with Crippen LogP contribution in [0, 0.1) is 0 Å². The van der Waals surface area contributed by atoms with E-state index in [9.17, 15) is 14.4 Å². The average Bonchev–Trinajstić information content (AvgIpc) is 3.21. The molecule has 0 amide bonds. The Balaban J connectivity index is 0.000000425. The standard InChI is InChI=1S/2C9H12.C8O3.2Cr/c2*1-8(2)9-6-4-3-5-7-9;9-2-4-1-5-7(8(5)11)6(4)3-10;;/h2*3-8H,1-2H3;;;/q;;-2;;+2. The second kappa shape index (κ2) is 14.0. The molecule has 3 nitrogen and oxygen atoms in total. The van der Waals surface area contributed by atoms with Crippen LogP contribution in [0.5, 0.6) is 0 Å². The Morgan fingerprint density at radius 2 is 1.26 bits per heavy atom. The predicted octanol–water partition coefficient (Wildman–Crippen LogP) is 3.23. The van der Waals surface area contributed by atoms with Gasteiger partial charge in [0.25, 0.3) is 0 Å². The van der Waals surface area contributed by atoms with Crippen LogP contribution in [0.4, 0.5) is 0 Å². The summed E-state index contributed by atoms with van der Waals surface area (Å²) in [6, 6.07) is 21.0. The smallest absolute Gasteiger partial charge is 0.385 e. The van der Waals surface area contributed by atoms with E-state index in [0.717, 1.165) is 0 Å². The molecule has 0 unspecified atom stereocenters. The van der Waals surface area contributed by atoms with Crippen LogP contribution in [0.25, 0.3) is 11.6 Å². The van der Waals surface area contributed by atoms with Crippen molar-refractivity contribution in [1.29, 1.82) is 0 Å². The summed E-state index contributed by atoms with van der Waals surface area (Å²) >= 11 is 0. The van der Waals surface area contributed by atoms with Gasteiger partial charge in [-0.3, -0.25) is 0 Å². The number of rotatable bonds is 3. The second-order valence-electron chi connectivity index (χ2n) is 7.29. The molecular formula is C26H24Cr2O3. The fourth-order valence-electron chi connectivity index (χ4n) is 2.70. The third-order valence-electron chi connectivity index (χ3n) is 4.53. The van der Waals surface area contributed by atoms with Crippen LogP contribution in [-0.4, -0.2) is 12.2 Å². The minimum atomic E-state index is -0.206. The van der Waals surface area contributed by atoms with Crippen molar-refractivity contribution in [2.24, 2.45) is 0 Å². The van der Waals surface area contributed by atoms with Gasteiger partial charge in [-0.05, 0) is 28.9 Å². The van der Waals surface area contributed by atoms with Gasteiger partial charge in [0.05, 0.1) is 5.43 Å². The van der Waals surface area contributed by atoms with Crippen molar-refractivity contribution in [3.63, 3.8) is 0 Å². The molecule has 1 aliphatic carbocycles. The summed E-state index contributed by atoms with van der Waals surface area (Å²) in [4.78, 5) is 30.9. The fraction of sp³-hybridized carbons (Fsp3) is 0.231. The molecule has 0 saturated heterocycles. The summed E-state index contributed by atoms with van der Waals surface area (Å²) in [5, 5.41) is 0.625. The Hall–Kier alpha value is -2.23. The van der Waals surface area contributed by atoms with E-state index in [4.69, 9.17) is 0 Å². The number of hydrogen-bond donors (Lipinski definition) is 0. The maximum atomic E-state index is 10.7. The molecule has 0 N–H and O–H groups in total. The summed E-state index contributed by atoms with van der Waals surface area (Å²) < 4.78 is 0. The molecule has 158 valence electrons. The van der Waals surface area contributed by atoms with Gasteiger partial charge in [0.15, 0.2) is 0 Å². The summed E-state index contributed by atoms with van der Waals surface area (Å²) in [7, 11) is 0. The van der Waals surface area contributed by atoms with Gasteiger partial charge >= 0.3 is 17.4 Å². The molecule has 0 saturated carbocycles. The molecule has 31 heavy (non-hydrogen) atoms. The van der Waals surface area contributed by atoms with Gasteiger partial charge in [-0.25, -0.2) is 0 Å². The molecule has 0 aliphatic heterocycles. The van der Waals surface area contributed by atoms with Gasteiger partial charge in [-0.1, -0.05) is 88.4 Å². The quantitative estimate of drug-likeness (QED) is 0.420. The Morgan fingerprint density at radius 1 is 0.839 bits per heavy atom. The Kier molecular flexibility index (Phi) is 13.0. The third kappa shape index (κ3) is 8.08. The summed E-state index contributed by atoms with van der Waals surface area (Å²) in [5.41, 5.74) is 2.65. The van der Waals surface area contributed by atoms with Crippen LogP contribution in [0.1, 0.15) is 50.7 Å². The average molecular weight is 488 g/mol. The maximum Gasteiger partial charge on any atom is 2.00 e. The summed E-state index contributed by atoms with van der Waals surface area (Å²) in [6.07, 6.45) is 3.96. The summed E-state index contributed by atoms with van der Waals surface area (Å²) in [6.45, 7) is 8.81. The zero-order valence-electron chi connectivity index (χ0n) is 18.0. The van der Waals surface area contributed by atoms with E-state index in [1.165, 1.54) is 23.4 Å². The first-order valence-electron chi connectivity index (χ1n) is 9.57. The first-order valence-corrected chi connectivity index (χ1v) is 9.57. The van der Waals surface area contributed by atoms with Crippen molar-refractivity contribution in [2.45, 2.75) is 39.5 Å². The van der Waals surface area contributed by atoms with Gasteiger partial charge in [-0.15, -0.1) is 10.8 Å². The molecule has 5 heteroatoms. The number of fused-ring (bicyclic) bond motifs is 1. The number of hydrogen-bond acceptors (Lipinski definition) is 3. The molecular weight excluding hydrogens is 464 g/mol. The van der Waals surface area contributed by atoms with Crippen LogP contribution in [0.15, 0.2) is 71.0 Å². The van der Waals surface area contributed by atoms with Crippen molar-refractivity contribution in [2.75, 3.05) is 0 Å².